The van der Waals surface area contributed by atoms with Crippen LogP contribution in [-0.4, -0.2) is 12.6 Å². The number of amides is 1. The van der Waals surface area contributed by atoms with Crippen LogP contribution in [0, 0.1) is 0 Å². The van der Waals surface area contributed by atoms with Crippen molar-refractivity contribution in [2.75, 3.05) is 6.67 Å². The molecule has 2 rings (SSSR count). The lowest BCUT2D eigenvalue weighted by Gasteiger charge is -1.98. The first-order valence-corrected chi connectivity index (χ1v) is 4.95. The SMILES string of the molecule is NCNC(=O)c1ccc(-c2ccccc2)o1. The Morgan fingerprint density at radius 2 is 1.94 bits per heavy atom. The molecule has 0 bridgehead atoms. The molecule has 2 aromatic rings. The van der Waals surface area contributed by atoms with Crippen LogP contribution in [0.5, 0.6) is 0 Å². The third-order valence-corrected chi connectivity index (χ3v) is 2.15. The van der Waals surface area contributed by atoms with E-state index in [1.54, 1.807) is 12.1 Å². The molecule has 0 unspecified atom stereocenters. The van der Waals surface area contributed by atoms with Gasteiger partial charge in [-0.05, 0) is 12.1 Å². The van der Waals surface area contributed by atoms with Crippen LogP contribution in [0.15, 0.2) is 46.9 Å². The Kier molecular flexibility index (Phi) is 3.03. The average molecular weight is 216 g/mol. The van der Waals surface area contributed by atoms with E-state index in [4.69, 9.17) is 10.2 Å². The van der Waals surface area contributed by atoms with E-state index in [0.717, 1.165) is 5.56 Å². The van der Waals surface area contributed by atoms with Crippen molar-refractivity contribution in [1.82, 2.24) is 5.32 Å². The van der Waals surface area contributed by atoms with Crippen molar-refractivity contribution >= 4 is 5.91 Å². The topological polar surface area (TPSA) is 68.3 Å². The molecule has 0 saturated carbocycles. The van der Waals surface area contributed by atoms with Gasteiger partial charge in [0.25, 0.3) is 5.91 Å². The van der Waals surface area contributed by atoms with E-state index in [0.29, 0.717) is 5.76 Å². The van der Waals surface area contributed by atoms with Gasteiger partial charge in [-0.2, -0.15) is 0 Å². The van der Waals surface area contributed by atoms with Crippen molar-refractivity contribution in [3.63, 3.8) is 0 Å². The number of hydrogen-bond donors (Lipinski definition) is 2. The lowest BCUT2D eigenvalue weighted by molar-refractivity contribution is 0.0928. The monoisotopic (exact) mass is 216 g/mol. The lowest BCUT2D eigenvalue weighted by atomic mass is 10.2. The number of nitrogens with two attached hydrogens (primary N) is 1. The molecule has 4 nitrogen and oxygen atoms in total. The summed E-state index contributed by atoms with van der Waals surface area (Å²) >= 11 is 0. The van der Waals surface area contributed by atoms with Crippen LogP contribution in [0.4, 0.5) is 0 Å². The van der Waals surface area contributed by atoms with Gasteiger partial charge < -0.3 is 15.5 Å². The van der Waals surface area contributed by atoms with Gasteiger partial charge in [0.1, 0.15) is 5.76 Å². The summed E-state index contributed by atoms with van der Waals surface area (Å²) in [5, 5.41) is 2.47. The van der Waals surface area contributed by atoms with Crippen LogP contribution in [0.2, 0.25) is 0 Å². The fraction of sp³-hybridized carbons (Fsp3) is 0.0833. The molecule has 0 aliphatic heterocycles. The van der Waals surface area contributed by atoms with Gasteiger partial charge >= 0.3 is 0 Å². The largest absolute Gasteiger partial charge is 0.451 e. The second kappa shape index (κ2) is 4.63. The molecule has 0 radical (unpaired) electrons. The molecule has 0 fully saturated rings. The Bertz CT molecular complexity index is 477. The van der Waals surface area contributed by atoms with Crippen molar-refractivity contribution in [1.29, 1.82) is 0 Å². The van der Waals surface area contributed by atoms with Gasteiger partial charge in [-0.15, -0.1) is 0 Å². The molecule has 0 saturated heterocycles. The Hall–Kier alpha value is -2.07. The van der Waals surface area contributed by atoms with Crippen LogP contribution in [0.1, 0.15) is 10.6 Å². The van der Waals surface area contributed by atoms with Gasteiger partial charge in [0, 0.05) is 5.56 Å². The molecule has 0 atom stereocenters. The number of rotatable bonds is 3. The molecular weight excluding hydrogens is 204 g/mol. The minimum absolute atomic E-state index is 0.0974. The fourth-order valence-corrected chi connectivity index (χ4v) is 1.40. The number of nitrogens with one attached hydrogen (secondary N) is 1. The zero-order valence-electron chi connectivity index (χ0n) is 8.64. The summed E-state index contributed by atoms with van der Waals surface area (Å²) < 4.78 is 5.42. The van der Waals surface area contributed by atoms with E-state index in [1.807, 2.05) is 30.3 Å². The molecule has 0 spiro atoms. The maximum atomic E-state index is 11.4. The molecule has 1 amide bonds. The molecule has 0 aliphatic carbocycles. The zero-order chi connectivity index (χ0) is 11.4. The smallest absolute Gasteiger partial charge is 0.287 e. The van der Waals surface area contributed by atoms with Crippen molar-refractivity contribution in [2.24, 2.45) is 5.73 Å². The van der Waals surface area contributed by atoms with Crippen LogP contribution in [-0.2, 0) is 0 Å². The van der Waals surface area contributed by atoms with Gasteiger partial charge in [0.15, 0.2) is 5.76 Å². The zero-order valence-corrected chi connectivity index (χ0v) is 8.64. The molecule has 82 valence electrons. The van der Waals surface area contributed by atoms with Gasteiger partial charge in [0.05, 0.1) is 6.67 Å². The van der Waals surface area contributed by atoms with E-state index in [-0.39, 0.29) is 18.3 Å². The number of furan rings is 1. The third-order valence-electron chi connectivity index (χ3n) is 2.15. The van der Waals surface area contributed by atoms with E-state index in [2.05, 4.69) is 5.32 Å². The Balaban J connectivity index is 2.23. The third kappa shape index (κ3) is 2.12. The van der Waals surface area contributed by atoms with Gasteiger partial charge in [-0.3, -0.25) is 4.79 Å². The van der Waals surface area contributed by atoms with E-state index in [1.165, 1.54) is 0 Å². The van der Waals surface area contributed by atoms with Gasteiger partial charge in [-0.1, -0.05) is 30.3 Å². The first-order chi connectivity index (χ1) is 7.81. The van der Waals surface area contributed by atoms with Crippen LogP contribution < -0.4 is 11.1 Å². The molecule has 16 heavy (non-hydrogen) atoms. The summed E-state index contributed by atoms with van der Waals surface area (Å²) in [6.45, 7) is 0.0974. The Morgan fingerprint density at radius 3 is 2.62 bits per heavy atom. The minimum atomic E-state index is -0.301. The summed E-state index contributed by atoms with van der Waals surface area (Å²) in [6.07, 6.45) is 0. The van der Waals surface area contributed by atoms with Gasteiger partial charge in [-0.25, -0.2) is 0 Å². The van der Waals surface area contributed by atoms with Crippen LogP contribution >= 0.6 is 0 Å². The molecule has 1 aromatic carbocycles. The van der Waals surface area contributed by atoms with E-state index >= 15 is 0 Å². The first kappa shape index (κ1) is 10.4. The lowest BCUT2D eigenvalue weighted by Crippen LogP contribution is -2.28. The van der Waals surface area contributed by atoms with Crippen molar-refractivity contribution in [3.05, 3.63) is 48.2 Å². The summed E-state index contributed by atoms with van der Waals surface area (Å²) in [4.78, 5) is 11.4. The van der Waals surface area contributed by atoms with Gasteiger partial charge in [0.2, 0.25) is 0 Å². The number of benzene rings is 1. The predicted octanol–water partition coefficient (Wildman–Crippen LogP) is 1.59. The standard InChI is InChI=1S/C12H12N2O2/c13-8-14-12(15)11-7-6-10(16-11)9-4-2-1-3-5-9/h1-7H,8,13H2,(H,14,15). The van der Waals surface area contributed by atoms with Crippen molar-refractivity contribution in [3.8, 4) is 11.3 Å². The highest BCUT2D eigenvalue weighted by Crippen LogP contribution is 2.21. The highest BCUT2D eigenvalue weighted by Gasteiger charge is 2.10. The quantitative estimate of drug-likeness (QED) is 0.765. The number of hydrogen-bond acceptors (Lipinski definition) is 3. The summed E-state index contributed by atoms with van der Waals surface area (Å²) in [5.41, 5.74) is 6.15. The molecule has 1 heterocycles. The van der Waals surface area contributed by atoms with Crippen molar-refractivity contribution < 1.29 is 9.21 Å². The minimum Gasteiger partial charge on any atom is -0.451 e. The van der Waals surface area contributed by atoms with E-state index < -0.39 is 0 Å². The highest BCUT2D eigenvalue weighted by atomic mass is 16.3. The molecule has 4 heteroatoms. The Labute approximate surface area is 93.1 Å². The summed E-state index contributed by atoms with van der Waals surface area (Å²) in [6, 6.07) is 13.0. The molecule has 3 N–H and O–H groups in total. The normalized spacial score (nSPS) is 10.1. The second-order valence-corrected chi connectivity index (χ2v) is 3.24. The Morgan fingerprint density at radius 1 is 1.19 bits per heavy atom. The molecular formula is C12H12N2O2. The first-order valence-electron chi connectivity index (χ1n) is 4.95. The summed E-state index contributed by atoms with van der Waals surface area (Å²) in [5.74, 6) is 0.636. The average Bonchev–Trinajstić information content (AvgIpc) is 2.80. The number of carbonyl (C=O) groups is 1. The second-order valence-electron chi connectivity index (χ2n) is 3.24. The highest BCUT2D eigenvalue weighted by molar-refractivity contribution is 5.91. The molecule has 1 aromatic heterocycles. The van der Waals surface area contributed by atoms with E-state index in [9.17, 15) is 4.79 Å². The number of carbonyl (C=O) groups excluding carboxylic acids is 1. The van der Waals surface area contributed by atoms with Crippen molar-refractivity contribution in [2.45, 2.75) is 0 Å². The maximum absolute atomic E-state index is 11.4. The summed E-state index contributed by atoms with van der Waals surface area (Å²) in [7, 11) is 0. The fourth-order valence-electron chi connectivity index (χ4n) is 1.40. The molecule has 0 aliphatic rings. The van der Waals surface area contributed by atoms with Crippen LogP contribution in [0.3, 0.4) is 0 Å². The van der Waals surface area contributed by atoms with Crippen LogP contribution in [0.25, 0.3) is 11.3 Å². The predicted molar refractivity (Wildman–Crippen MR) is 60.7 cm³/mol. The maximum Gasteiger partial charge on any atom is 0.287 e.